The van der Waals surface area contributed by atoms with Crippen LogP contribution in [0.5, 0.6) is 0 Å². The van der Waals surface area contributed by atoms with Gasteiger partial charge in [0.2, 0.25) is 0 Å². The summed E-state index contributed by atoms with van der Waals surface area (Å²) in [5.74, 6) is 0. The molecule has 114 valence electrons. The van der Waals surface area contributed by atoms with Crippen LogP contribution < -0.4 is 0 Å². The summed E-state index contributed by atoms with van der Waals surface area (Å²) in [4.78, 5) is 4.11. The van der Waals surface area contributed by atoms with Gasteiger partial charge in [0.1, 0.15) is 23.4 Å². The predicted molar refractivity (Wildman–Crippen MR) is 90.2 cm³/mol. The van der Waals surface area contributed by atoms with E-state index < -0.39 is 0 Å². The second kappa shape index (κ2) is 7.04. The normalized spacial score (nSPS) is 9.75. The van der Waals surface area contributed by atoms with Crippen LogP contribution in [0.3, 0.4) is 0 Å². The molecule has 0 aliphatic carbocycles. The predicted octanol–water partition coefficient (Wildman–Crippen LogP) is 3.42. The molecule has 0 bridgehead atoms. The molecule has 5 heteroatoms. The number of nitriles is 2. The number of benzene rings is 1. The third-order valence-electron chi connectivity index (χ3n) is 3.45. The van der Waals surface area contributed by atoms with Crippen molar-refractivity contribution in [2.75, 3.05) is 0 Å². The number of nitrogens with zero attached hydrogens (tertiary/aromatic N) is 5. The van der Waals surface area contributed by atoms with Gasteiger partial charge in [-0.05, 0) is 23.8 Å². The van der Waals surface area contributed by atoms with Crippen LogP contribution in [0.15, 0.2) is 66.6 Å². The van der Waals surface area contributed by atoms with Crippen molar-refractivity contribution in [2.45, 2.75) is 6.54 Å². The Labute approximate surface area is 139 Å². The molecule has 3 aromatic rings. The monoisotopic (exact) mass is 311 g/mol. The van der Waals surface area contributed by atoms with Crippen LogP contribution in [-0.4, -0.2) is 14.8 Å². The van der Waals surface area contributed by atoms with E-state index in [1.54, 1.807) is 23.2 Å². The Kier molecular flexibility index (Phi) is 4.46. The van der Waals surface area contributed by atoms with E-state index in [-0.39, 0.29) is 5.57 Å². The first kappa shape index (κ1) is 15.2. The third-order valence-corrected chi connectivity index (χ3v) is 3.45. The van der Waals surface area contributed by atoms with Crippen molar-refractivity contribution in [3.05, 3.63) is 77.8 Å². The number of rotatable bonds is 4. The fourth-order valence-corrected chi connectivity index (χ4v) is 2.37. The molecular formula is C19H13N5. The highest BCUT2D eigenvalue weighted by atomic mass is 15.3. The van der Waals surface area contributed by atoms with E-state index in [1.165, 1.54) is 0 Å². The summed E-state index contributed by atoms with van der Waals surface area (Å²) < 4.78 is 1.80. The molecule has 24 heavy (non-hydrogen) atoms. The van der Waals surface area contributed by atoms with Crippen molar-refractivity contribution in [3.63, 3.8) is 0 Å². The van der Waals surface area contributed by atoms with Gasteiger partial charge in [0.05, 0.1) is 6.54 Å². The Morgan fingerprint density at radius 1 is 1.08 bits per heavy atom. The van der Waals surface area contributed by atoms with Gasteiger partial charge < -0.3 is 0 Å². The van der Waals surface area contributed by atoms with E-state index in [0.29, 0.717) is 12.2 Å². The molecule has 0 saturated carbocycles. The number of pyridine rings is 1. The van der Waals surface area contributed by atoms with Crippen molar-refractivity contribution in [2.24, 2.45) is 0 Å². The first-order valence-electron chi connectivity index (χ1n) is 7.34. The maximum atomic E-state index is 9.01. The molecule has 5 nitrogen and oxygen atoms in total. The molecule has 0 saturated heterocycles. The van der Waals surface area contributed by atoms with Crippen LogP contribution in [0.2, 0.25) is 0 Å². The van der Waals surface area contributed by atoms with Crippen LogP contribution in [0.4, 0.5) is 0 Å². The minimum atomic E-state index is 0.0411. The van der Waals surface area contributed by atoms with Crippen molar-refractivity contribution in [1.29, 1.82) is 10.5 Å². The molecule has 2 aromatic heterocycles. The van der Waals surface area contributed by atoms with Gasteiger partial charge in [-0.2, -0.15) is 15.6 Å². The van der Waals surface area contributed by atoms with Crippen molar-refractivity contribution < 1.29 is 0 Å². The zero-order valence-corrected chi connectivity index (χ0v) is 12.8. The van der Waals surface area contributed by atoms with E-state index in [4.69, 9.17) is 10.5 Å². The van der Waals surface area contributed by atoms with E-state index in [2.05, 4.69) is 10.1 Å². The molecule has 0 aliphatic rings. The van der Waals surface area contributed by atoms with Crippen LogP contribution in [0, 0.1) is 22.7 Å². The van der Waals surface area contributed by atoms with Gasteiger partial charge in [-0.25, -0.2) is 0 Å². The Morgan fingerprint density at radius 3 is 2.54 bits per heavy atom. The fourth-order valence-electron chi connectivity index (χ4n) is 2.37. The molecule has 0 aliphatic heterocycles. The lowest BCUT2D eigenvalue weighted by molar-refractivity contribution is 0.689. The van der Waals surface area contributed by atoms with Gasteiger partial charge in [-0.1, -0.05) is 30.3 Å². The molecule has 0 radical (unpaired) electrons. The molecule has 0 fully saturated rings. The molecule has 0 atom stereocenters. The average molecular weight is 311 g/mol. The topological polar surface area (TPSA) is 78.3 Å². The molecular weight excluding hydrogens is 298 g/mol. The van der Waals surface area contributed by atoms with Crippen molar-refractivity contribution in [1.82, 2.24) is 14.8 Å². The van der Waals surface area contributed by atoms with Gasteiger partial charge in [0, 0.05) is 29.7 Å². The lowest BCUT2D eigenvalue weighted by Crippen LogP contribution is -2.00. The highest BCUT2D eigenvalue weighted by Gasteiger charge is 2.11. The van der Waals surface area contributed by atoms with Gasteiger partial charge >= 0.3 is 0 Å². The highest BCUT2D eigenvalue weighted by Crippen LogP contribution is 2.23. The minimum Gasteiger partial charge on any atom is -0.267 e. The molecule has 1 aromatic carbocycles. The quantitative estimate of drug-likeness (QED) is 0.692. The summed E-state index contributed by atoms with van der Waals surface area (Å²) in [7, 11) is 0. The summed E-state index contributed by atoms with van der Waals surface area (Å²) in [6.45, 7) is 0.608. The van der Waals surface area contributed by atoms with Crippen LogP contribution in [0.1, 0.15) is 11.1 Å². The Morgan fingerprint density at radius 2 is 1.88 bits per heavy atom. The smallest absolute Gasteiger partial charge is 0.130 e. The highest BCUT2D eigenvalue weighted by molar-refractivity contribution is 5.74. The van der Waals surface area contributed by atoms with E-state index in [9.17, 15) is 0 Å². The zero-order valence-electron chi connectivity index (χ0n) is 12.8. The molecule has 0 unspecified atom stereocenters. The van der Waals surface area contributed by atoms with Crippen LogP contribution in [0.25, 0.3) is 17.3 Å². The van der Waals surface area contributed by atoms with Crippen LogP contribution in [-0.2, 0) is 6.54 Å². The Balaban J connectivity index is 2.05. The summed E-state index contributed by atoms with van der Waals surface area (Å²) in [6, 6.07) is 17.5. The standard InChI is InChI=1S/C19H13N5/c20-10-16(11-21)9-18-14-24(13-15-5-2-1-3-6-15)23-19(18)17-7-4-8-22-12-17/h1-9,12,14H,13H2. The number of hydrogen-bond acceptors (Lipinski definition) is 4. The maximum Gasteiger partial charge on any atom is 0.130 e. The van der Waals surface area contributed by atoms with Gasteiger partial charge in [-0.15, -0.1) is 0 Å². The van der Waals surface area contributed by atoms with Gasteiger partial charge in [-0.3, -0.25) is 9.67 Å². The number of hydrogen-bond donors (Lipinski definition) is 0. The lowest BCUT2D eigenvalue weighted by Gasteiger charge is -2.01. The van der Waals surface area contributed by atoms with Gasteiger partial charge in [0.25, 0.3) is 0 Å². The van der Waals surface area contributed by atoms with Crippen LogP contribution >= 0.6 is 0 Å². The van der Waals surface area contributed by atoms with Gasteiger partial charge in [0.15, 0.2) is 0 Å². The molecule has 3 rings (SSSR count). The summed E-state index contributed by atoms with van der Waals surface area (Å²) in [5, 5.41) is 22.6. The lowest BCUT2D eigenvalue weighted by atomic mass is 10.1. The fraction of sp³-hybridized carbons (Fsp3) is 0.0526. The minimum absolute atomic E-state index is 0.0411. The van der Waals surface area contributed by atoms with E-state index in [0.717, 1.165) is 16.7 Å². The largest absolute Gasteiger partial charge is 0.267 e. The van der Waals surface area contributed by atoms with Crippen molar-refractivity contribution in [3.8, 4) is 23.4 Å². The average Bonchev–Trinajstić information content (AvgIpc) is 3.03. The van der Waals surface area contributed by atoms with E-state index >= 15 is 0 Å². The maximum absolute atomic E-state index is 9.01. The molecule has 2 heterocycles. The summed E-state index contributed by atoms with van der Waals surface area (Å²) in [5.41, 5.74) is 3.42. The summed E-state index contributed by atoms with van der Waals surface area (Å²) in [6.07, 6.45) is 6.79. The summed E-state index contributed by atoms with van der Waals surface area (Å²) >= 11 is 0. The van der Waals surface area contributed by atoms with Crippen molar-refractivity contribution >= 4 is 6.08 Å². The second-order valence-electron chi connectivity index (χ2n) is 5.14. The number of aromatic nitrogens is 3. The Bertz CT molecular complexity index is 925. The first-order chi connectivity index (χ1) is 11.8. The Hall–Kier alpha value is -3.70. The van der Waals surface area contributed by atoms with E-state index in [1.807, 2.05) is 60.8 Å². The number of allylic oxidation sites excluding steroid dienone is 1. The molecule has 0 amide bonds. The second-order valence-corrected chi connectivity index (χ2v) is 5.14. The molecule has 0 N–H and O–H groups in total. The zero-order chi connectivity index (χ0) is 16.8. The first-order valence-corrected chi connectivity index (χ1v) is 7.34. The molecule has 0 spiro atoms. The SMILES string of the molecule is N#CC(C#N)=Cc1cn(Cc2ccccc2)nc1-c1cccnc1. The third kappa shape index (κ3) is 3.37.